The quantitative estimate of drug-likeness (QED) is 0.802. The average molecular weight is 242 g/mol. The molecule has 1 aromatic carbocycles. The van der Waals surface area contributed by atoms with Crippen molar-refractivity contribution in [2.75, 3.05) is 0 Å². The highest BCUT2D eigenvalue weighted by Gasteiger charge is 2.30. The Balaban J connectivity index is 2.88. The largest absolute Gasteiger partial charge is 0.385 e. The van der Waals surface area contributed by atoms with Crippen molar-refractivity contribution >= 4 is 0 Å². The zero-order valence-electron chi connectivity index (χ0n) is 10.4. The van der Waals surface area contributed by atoms with Gasteiger partial charge in [-0.15, -0.1) is 0 Å². The fourth-order valence-corrected chi connectivity index (χ4v) is 1.99. The summed E-state index contributed by atoms with van der Waals surface area (Å²) in [6.07, 6.45) is -0.676. The van der Waals surface area contributed by atoms with Crippen LogP contribution in [0.3, 0.4) is 0 Å². The molecule has 0 heterocycles. The molecule has 1 nitrogen and oxygen atoms in total. The van der Waals surface area contributed by atoms with Crippen molar-refractivity contribution < 1.29 is 13.9 Å². The van der Waals surface area contributed by atoms with Crippen LogP contribution < -0.4 is 0 Å². The maximum Gasteiger partial charge on any atom is 0.241 e. The molecular weight excluding hydrogens is 222 g/mol. The van der Waals surface area contributed by atoms with Crippen molar-refractivity contribution in [1.29, 1.82) is 0 Å². The second kappa shape index (κ2) is 6.10. The Kier molecular flexibility index (Phi) is 5.06. The van der Waals surface area contributed by atoms with E-state index in [1.165, 1.54) is 5.56 Å². The van der Waals surface area contributed by atoms with Crippen LogP contribution >= 0.6 is 0 Å². The number of halogens is 2. The predicted octanol–water partition coefficient (Wildman–Crippen LogP) is 3.89. The lowest BCUT2D eigenvalue weighted by Gasteiger charge is -2.27. The van der Waals surface area contributed by atoms with Gasteiger partial charge in [0.2, 0.25) is 6.43 Å². The van der Waals surface area contributed by atoms with Gasteiger partial charge in [-0.2, -0.15) is 0 Å². The van der Waals surface area contributed by atoms with Crippen LogP contribution in [-0.4, -0.2) is 11.5 Å². The molecular formula is C14H20F2O. The van der Waals surface area contributed by atoms with Crippen molar-refractivity contribution in [2.45, 2.75) is 51.6 Å². The van der Waals surface area contributed by atoms with Gasteiger partial charge >= 0.3 is 0 Å². The lowest BCUT2D eigenvalue weighted by atomic mass is 9.87. The summed E-state index contributed by atoms with van der Waals surface area (Å²) in [6, 6.07) is 7.34. The monoisotopic (exact) mass is 242 g/mol. The third-order valence-corrected chi connectivity index (χ3v) is 3.11. The standard InChI is InChI=1S/C14H20F2O/c1-3-5-11-6-8-12(9-7-11)14(17,4-2)10-13(15)16/h6-9,13,17H,3-5,10H2,1-2H3. The maximum atomic E-state index is 12.4. The molecule has 1 aromatic rings. The Bertz CT molecular complexity index is 335. The first kappa shape index (κ1) is 14.1. The minimum atomic E-state index is -2.49. The SMILES string of the molecule is CCCc1ccc(C(O)(CC)CC(F)F)cc1. The Morgan fingerprint density at radius 1 is 1.18 bits per heavy atom. The minimum absolute atomic E-state index is 0.296. The molecule has 1 N–H and O–H groups in total. The van der Waals surface area contributed by atoms with Gasteiger partial charge in [0.25, 0.3) is 0 Å². The first-order valence-electron chi connectivity index (χ1n) is 6.11. The van der Waals surface area contributed by atoms with Gasteiger partial charge in [0.1, 0.15) is 0 Å². The second-order valence-corrected chi connectivity index (χ2v) is 4.43. The van der Waals surface area contributed by atoms with E-state index >= 15 is 0 Å². The molecule has 0 aliphatic heterocycles. The van der Waals surface area contributed by atoms with Crippen LogP contribution in [0.5, 0.6) is 0 Å². The fraction of sp³-hybridized carbons (Fsp3) is 0.571. The molecule has 1 atom stereocenters. The Morgan fingerprint density at radius 2 is 1.76 bits per heavy atom. The van der Waals surface area contributed by atoms with Gasteiger partial charge < -0.3 is 5.11 Å². The topological polar surface area (TPSA) is 20.2 Å². The molecule has 0 saturated carbocycles. The van der Waals surface area contributed by atoms with E-state index in [1.54, 1.807) is 19.1 Å². The molecule has 0 amide bonds. The van der Waals surface area contributed by atoms with E-state index in [4.69, 9.17) is 0 Å². The van der Waals surface area contributed by atoms with E-state index in [-0.39, 0.29) is 0 Å². The molecule has 0 saturated heterocycles. The van der Waals surface area contributed by atoms with Crippen molar-refractivity contribution in [3.63, 3.8) is 0 Å². The number of aryl methyl sites for hydroxylation is 1. The molecule has 0 fully saturated rings. The van der Waals surface area contributed by atoms with Crippen LogP contribution in [0.4, 0.5) is 8.78 Å². The van der Waals surface area contributed by atoms with Crippen LogP contribution in [0.1, 0.15) is 44.2 Å². The summed E-state index contributed by atoms with van der Waals surface area (Å²) in [7, 11) is 0. The maximum absolute atomic E-state index is 12.4. The summed E-state index contributed by atoms with van der Waals surface area (Å²) < 4.78 is 24.9. The fourth-order valence-electron chi connectivity index (χ4n) is 1.99. The lowest BCUT2D eigenvalue weighted by Crippen LogP contribution is -2.27. The third kappa shape index (κ3) is 3.77. The summed E-state index contributed by atoms with van der Waals surface area (Å²) in [5.74, 6) is 0. The van der Waals surface area contributed by atoms with E-state index < -0.39 is 18.4 Å². The summed E-state index contributed by atoms with van der Waals surface area (Å²) in [4.78, 5) is 0. The van der Waals surface area contributed by atoms with E-state index in [9.17, 15) is 13.9 Å². The van der Waals surface area contributed by atoms with E-state index in [0.717, 1.165) is 12.8 Å². The van der Waals surface area contributed by atoms with Gasteiger partial charge in [0.15, 0.2) is 0 Å². The van der Waals surface area contributed by atoms with Crippen molar-refractivity contribution in [2.24, 2.45) is 0 Å². The van der Waals surface area contributed by atoms with Crippen molar-refractivity contribution in [1.82, 2.24) is 0 Å². The van der Waals surface area contributed by atoms with E-state index in [0.29, 0.717) is 12.0 Å². The normalized spacial score (nSPS) is 14.9. The molecule has 0 spiro atoms. The first-order chi connectivity index (χ1) is 8.01. The summed E-state index contributed by atoms with van der Waals surface area (Å²) >= 11 is 0. The molecule has 0 radical (unpaired) electrons. The summed E-state index contributed by atoms with van der Waals surface area (Å²) in [6.45, 7) is 3.81. The Hall–Kier alpha value is -0.960. The highest BCUT2D eigenvalue weighted by Crippen LogP contribution is 2.31. The van der Waals surface area contributed by atoms with Gasteiger partial charge in [0.05, 0.1) is 5.60 Å². The zero-order valence-corrected chi connectivity index (χ0v) is 10.4. The lowest BCUT2D eigenvalue weighted by molar-refractivity contribution is -0.0295. The Morgan fingerprint density at radius 3 is 2.18 bits per heavy atom. The molecule has 0 aliphatic rings. The van der Waals surface area contributed by atoms with E-state index in [2.05, 4.69) is 6.92 Å². The molecule has 0 bridgehead atoms. The van der Waals surface area contributed by atoms with Gasteiger partial charge in [-0.05, 0) is 24.0 Å². The number of aliphatic hydroxyl groups is 1. The van der Waals surface area contributed by atoms with Crippen LogP contribution in [0.25, 0.3) is 0 Å². The molecule has 3 heteroatoms. The predicted molar refractivity (Wildman–Crippen MR) is 65.2 cm³/mol. The van der Waals surface area contributed by atoms with Gasteiger partial charge in [-0.1, -0.05) is 44.5 Å². The third-order valence-electron chi connectivity index (χ3n) is 3.11. The van der Waals surface area contributed by atoms with Crippen LogP contribution in [0.2, 0.25) is 0 Å². The number of benzene rings is 1. The zero-order chi connectivity index (χ0) is 12.9. The second-order valence-electron chi connectivity index (χ2n) is 4.43. The van der Waals surface area contributed by atoms with Crippen molar-refractivity contribution in [3.8, 4) is 0 Å². The van der Waals surface area contributed by atoms with Gasteiger partial charge in [-0.25, -0.2) is 8.78 Å². The first-order valence-corrected chi connectivity index (χ1v) is 6.11. The molecule has 96 valence electrons. The highest BCUT2D eigenvalue weighted by atomic mass is 19.3. The van der Waals surface area contributed by atoms with Gasteiger partial charge in [0, 0.05) is 6.42 Å². The summed E-state index contributed by atoms with van der Waals surface area (Å²) in [5, 5.41) is 10.2. The van der Waals surface area contributed by atoms with Crippen LogP contribution in [-0.2, 0) is 12.0 Å². The molecule has 1 unspecified atom stereocenters. The van der Waals surface area contributed by atoms with Crippen LogP contribution in [0, 0.1) is 0 Å². The van der Waals surface area contributed by atoms with Crippen LogP contribution in [0.15, 0.2) is 24.3 Å². The number of hydrogen-bond acceptors (Lipinski definition) is 1. The highest BCUT2D eigenvalue weighted by molar-refractivity contribution is 5.27. The molecule has 0 aromatic heterocycles. The Labute approximate surface area is 101 Å². The van der Waals surface area contributed by atoms with E-state index in [1.807, 2.05) is 12.1 Å². The molecule has 1 rings (SSSR count). The number of rotatable bonds is 6. The average Bonchev–Trinajstić information content (AvgIpc) is 2.29. The molecule has 17 heavy (non-hydrogen) atoms. The van der Waals surface area contributed by atoms with Gasteiger partial charge in [-0.3, -0.25) is 0 Å². The molecule has 0 aliphatic carbocycles. The number of alkyl halides is 2. The summed E-state index contributed by atoms with van der Waals surface area (Å²) in [5.41, 5.74) is 0.353. The smallest absolute Gasteiger partial charge is 0.241 e. The van der Waals surface area contributed by atoms with Crippen molar-refractivity contribution in [3.05, 3.63) is 35.4 Å². The number of hydrogen-bond donors (Lipinski definition) is 1. The minimum Gasteiger partial charge on any atom is -0.385 e.